The van der Waals surface area contributed by atoms with Crippen molar-refractivity contribution < 1.29 is 8.42 Å². The number of benzene rings is 1. The van der Waals surface area contributed by atoms with Gasteiger partial charge < -0.3 is 10.2 Å². The molecule has 1 fully saturated rings. The zero-order valence-electron chi connectivity index (χ0n) is 12.4. The first-order valence-corrected chi connectivity index (χ1v) is 8.65. The van der Waals surface area contributed by atoms with Crippen molar-refractivity contribution in [3.05, 3.63) is 42.2 Å². The van der Waals surface area contributed by atoms with Gasteiger partial charge in [-0.2, -0.15) is 0 Å². The van der Waals surface area contributed by atoms with E-state index in [1.54, 1.807) is 24.3 Å². The van der Waals surface area contributed by atoms with E-state index in [4.69, 9.17) is 0 Å². The summed E-state index contributed by atoms with van der Waals surface area (Å²) in [4.78, 5) is 10.9. The number of anilines is 1. The molecule has 3 rings (SSSR count). The van der Waals surface area contributed by atoms with E-state index in [0.717, 1.165) is 31.7 Å². The van der Waals surface area contributed by atoms with Crippen LogP contribution < -0.4 is 10.2 Å². The van der Waals surface area contributed by atoms with E-state index in [1.807, 2.05) is 11.8 Å². The smallest absolute Gasteiger partial charge is 0.225 e. The maximum atomic E-state index is 12.5. The van der Waals surface area contributed by atoms with Gasteiger partial charge in [0.25, 0.3) is 0 Å². The van der Waals surface area contributed by atoms with E-state index in [9.17, 15) is 8.42 Å². The quantitative estimate of drug-likeness (QED) is 0.911. The number of aromatic nitrogens is 2. The lowest BCUT2D eigenvalue weighted by Gasteiger charge is -2.27. The second-order valence-electron chi connectivity index (χ2n) is 5.27. The van der Waals surface area contributed by atoms with Crippen LogP contribution in [0, 0.1) is 6.92 Å². The van der Waals surface area contributed by atoms with Crippen LogP contribution in [0.25, 0.3) is 0 Å². The lowest BCUT2D eigenvalue weighted by atomic mass is 10.2. The maximum Gasteiger partial charge on any atom is 0.225 e. The van der Waals surface area contributed by atoms with E-state index in [0.29, 0.717) is 5.95 Å². The Kier molecular flexibility index (Phi) is 4.08. The van der Waals surface area contributed by atoms with Crippen LogP contribution in [0.2, 0.25) is 0 Å². The van der Waals surface area contributed by atoms with E-state index in [-0.39, 0.29) is 9.79 Å². The molecule has 116 valence electrons. The number of hydrogen-bond donors (Lipinski definition) is 1. The fraction of sp³-hybridized carbons (Fsp3) is 0.333. The van der Waals surface area contributed by atoms with Gasteiger partial charge in [0.2, 0.25) is 15.8 Å². The Bertz CT molecular complexity index is 736. The molecule has 1 aliphatic heterocycles. The van der Waals surface area contributed by atoms with Crippen LogP contribution in [-0.4, -0.2) is 44.6 Å². The first-order valence-electron chi connectivity index (χ1n) is 7.17. The SMILES string of the molecule is Cc1ccc(S(=O)(=O)c2cnc(N3CCNCC3)nc2)cc1. The van der Waals surface area contributed by atoms with Crippen molar-refractivity contribution in [2.24, 2.45) is 0 Å². The predicted molar refractivity (Wildman–Crippen MR) is 83.7 cm³/mol. The molecule has 7 heteroatoms. The molecule has 1 saturated heterocycles. The third kappa shape index (κ3) is 2.95. The molecule has 0 spiro atoms. The number of rotatable bonds is 3. The Morgan fingerprint density at radius 2 is 1.59 bits per heavy atom. The topological polar surface area (TPSA) is 75.2 Å². The Morgan fingerprint density at radius 3 is 2.18 bits per heavy atom. The number of aryl methyl sites for hydroxylation is 1. The molecule has 0 amide bonds. The first-order chi connectivity index (χ1) is 10.6. The van der Waals surface area contributed by atoms with Crippen molar-refractivity contribution >= 4 is 15.8 Å². The number of piperazine rings is 1. The van der Waals surface area contributed by atoms with Crippen LogP contribution in [-0.2, 0) is 9.84 Å². The molecule has 0 saturated carbocycles. The van der Waals surface area contributed by atoms with E-state index in [1.165, 1.54) is 12.4 Å². The van der Waals surface area contributed by atoms with Gasteiger partial charge in [-0.05, 0) is 19.1 Å². The molecule has 0 aliphatic carbocycles. The van der Waals surface area contributed by atoms with Crippen molar-refractivity contribution in [3.8, 4) is 0 Å². The average Bonchev–Trinajstić information content (AvgIpc) is 2.56. The monoisotopic (exact) mass is 318 g/mol. The van der Waals surface area contributed by atoms with Gasteiger partial charge in [0.05, 0.1) is 17.3 Å². The number of nitrogens with zero attached hydrogens (tertiary/aromatic N) is 3. The number of hydrogen-bond acceptors (Lipinski definition) is 6. The van der Waals surface area contributed by atoms with Crippen molar-refractivity contribution in [3.63, 3.8) is 0 Å². The molecule has 0 unspecified atom stereocenters. The summed E-state index contributed by atoms with van der Waals surface area (Å²) in [5.74, 6) is 0.573. The van der Waals surface area contributed by atoms with Crippen LogP contribution in [0.1, 0.15) is 5.56 Å². The second-order valence-corrected chi connectivity index (χ2v) is 7.22. The third-order valence-electron chi connectivity index (χ3n) is 3.66. The summed E-state index contributed by atoms with van der Waals surface area (Å²) in [6.07, 6.45) is 2.78. The molecule has 2 aromatic rings. The van der Waals surface area contributed by atoms with Crippen LogP contribution >= 0.6 is 0 Å². The van der Waals surface area contributed by atoms with Crippen molar-refractivity contribution in [1.29, 1.82) is 0 Å². The van der Waals surface area contributed by atoms with E-state index < -0.39 is 9.84 Å². The molecule has 1 N–H and O–H groups in total. The molecule has 6 nitrogen and oxygen atoms in total. The van der Waals surface area contributed by atoms with E-state index in [2.05, 4.69) is 15.3 Å². The molecule has 0 radical (unpaired) electrons. The highest BCUT2D eigenvalue weighted by atomic mass is 32.2. The molecule has 1 aromatic carbocycles. The Labute approximate surface area is 130 Å². The highest BCUT2D eigenvalue weighted by Gasteiger charge is 2.20. The lowest BCUT2D eigenvalue weighted by Crippen LogP contribution is -2.44. The Balaban J connectivity index is 1.86. The van der Waals surface area contributed by atoms with Gasteiger partial charge >= 0.3 is 0 Å². The zero-order chi connectivity index (χ0) is 15.6. The largest absolute Gasteiger partial charge is 0.338 e. The number of nitrogens with one attached hydrogen (secondary N) is 1. The summed E-state index contributed by atoms with van der Waals surface area (Å²) in [7, 11) is -3.56. The van der Waals surface area contributed by atoms with Crippen LogP contribution in [0.3, 0.4) is 0 Å². The predicted octanol–water partition coefficient (Wildman–Crippen LogP) is 1.03. The van der Waals surface area contributed by atoms with Crippen molar-refractivity contribution in [2.45, 2.75) is 16.7 Å². The zero-order valence-corrected chi connectivity index (χ0v) is 13.2. The van der Waals surface area contributed by atoms with Crippen LogP contribution in [0.5, 0.6) is 0 Å². The van der Waals surface area contributed by atoms with Crippen molar-refractivity contribution in [2.75, 3.05) is 31.1 Å². The average molecular weight is 318 g/mol. The second kappa shape index (κ2) is 6.02. The molecular formula is C15H18N4O2S. The van der Waals surface area contributed by atoms with Crippen LogP contribution in [0.4, 0.5) is 5.95 Å². The van der Waals surface area contributed by atoms with Crippen LogP contribution in [0.15, 0.2) is 46.5 Å². The third-order valence-corrected chi connectivity index (χ3v) is 5.38. The van der Waals surface area contributed by atoms with Gasteiger partial charge in [-0.1, -0.05) is 17.7 Å². The molecule has 22 heavy (non-hydrogen) atoms. The number of sulfone groups is 1. The minimum Gasteiger partial charge on any atom is -0.338 e. The van der Waals surface area contributed by atoms with Gasteiger partial charge in [-0.3, -0.25) is 0 Å². The summed E-state index contributed by atoms with van der Waals surface area (Å²) >= 11 is 0. The summed E-state index contributed by atoms with van der Waals surface area (Å²) in [5, 5.41) is 3.25. The first kappa shape index (κ1) is 14.9. The minimum absolute atomic E-state index is 0.121. The molecule has 2 heterocycles. The highest BCUT2D eigenvalue weighted by molar-refractivity contribution is 7.91. The molecular weight excluding hydrogens is 300 g/mol. The highest BCUT2D eigenvalue weighted by Crippen LogP contribution is 2.21. The summed E-state index contributed by atoms with van der Waals surface area (Å²) in [6, 6.07) is 6.77. The van der Waals surface area contributed by atoms with Gasteiger partial charge in [0.15, 0.2) is 0 Å². The fourth-order valence-corrected chi connectivity index (χ4v) is 3.48. The summed E-state index contributed by atoms with van der Waals surface area (Å²) in [5.41, 5.74) is 1.02. The summed E-state index contributed by atoms with van der Waals surface area (Å²) in [6.45, 7) is 5.33. The Hall–Kier alpha value is -1.99. The Morgan fingerprint density at radius 1 is 1.00 bits per heavy atom. The standard InChI is InChI=1S/C15H18N4O2S/c1-12-2-4-13(5-3-12)22(20,21)14-10-17-15(18-11-14)19-8-6-16-7-9-19/h2-5,10-11,16H,6-9H2,1H3. The fourth-order valence-electron chi connectivity index (χ4n) is 2.33. The molecule has 0 atom stereocenters. The van der Waals surface area contributed by atoms with Gasteiger partial charge in [-0.15, -0.1) is 0 Å². The lowest BCUT2D eigenvalue weighted by molar-refractivity contribution is 0.577. The van der Waals surface area contributed by atoms with Gasteiger partial charge in [0.1, 0.15) is 4.90 Å². The van der Waals surface area contributed by atoms with Gasteiger partial charge in [0, 0.05) is 26.2 Å². The molecule has 1 aromatic heterocycles. The summed E-state index contributed by atoms with van der Waals surface area (Å²) < 4.78 is 25.1. The maximum absolute atomic E-state index is 12.5. The minimum atomic E-state index is -3.56. The van der Waals surface area contributed by atoms with Crippen molar-refractivity contribution in [1.82, 2.24) is 15.3 Å². The normalized spacial score (nSPS) is 15.8. The van der Waals surface area contributed by atoms with E-state index >= 15 is 0 Å². The molecule has 0 bridgehead atoms. The molecule has 1 aliphatic rings. The van der Waals surface area contributed by atoms with Gasteiger partial charge in [-0.25, -0.2) is 18.4 Å².